The number of anilines is 3. The largest absolute Gasteiger partial charge is 0.309 e. The first-order valence-corrected chi connectivity index (χ1v) is 16.3. The van der Waals surface area contributed by atoms with Gasteiger partial charge in [-0.05, 0) is 54.6 Å². The molecule has 0 atom stereocenters. The van der Waals surface area contributed by atoms with E-state index in [1.807, 2.05) is 22.7 Å². The summed E-state index contributed by atoms with van der Waals surface area (Å²) in [6, 6.07) is 48.1. The van der Waals surface area contributed by atoms with E-state index in [2.05, 4.69) is 138 Å². The summed E-state index contributed by atoms with van der Waals surface area (Å²) >= 11 is 5.48. The molecule has 0 unspecified atom stereocenters. The fraction of sp³-hybridized carbons (Fsp3) is 0. The van der Waals surface area contributed by atoms with Crippen LogP contribution in [-0.4, -0.2) is 4.98 Å². The molecular formula is C37H22N2S3. The predicted octanol–water partition coefficient (Wildman–Crippen LogP) is 12.2. The Balaban J connectivity index is 1.30. The van der Waals surface area contributed by atoms with Crippen LogP contribution in [0.1, 0.15) is 0 Å². The molecule has 198 valence electrons. The minimum absolute atomic E-state index is 1.07. The van der Waals surface area contributed by atoms with Crippen LogP contribution in [0.4, 0.5) is 17.1 Å². The molecule has 9 rings (SSSR count). The number of benzene rings is 6. The van der Waals surface area contributed by atoms with Gasteiger partial charge in [0.1, 0.15) is 5.01 Å². The molecule has 3 heterocycles. The lowest BCUT2D eigenvalue weighted by Crippen LogP contribution is -2.09. The number of thiazole rings is 1. The third kappa shape index (κ3) is 3.71. The summed E-state index contributed by atoms with van der Waals surface area (Å²) in [5.41, 5.74) is 5.75. The molecule has 9 aromatic rings. The molecule has 0 spiro atoms. The van der Waals surface area contributed by atoms with Crippen molar-refractivity contribution < 1.29 is 0 Å². The molecule has 42 heavy (non-hydrogen) atoms. The van der Waals surface area contributed by atoms with Crippen LogP contribution in [0.15, 0.2) is 133 Å². The highest BCUT2D eigenvalue weighted by Crippen LogP contribution is 2.47. The lowest BCUT2D eigenvalue weighted by molar-refractivity contribution is 1.31. The Morgan fingerprint density at radius 3 is 2.07 bits per heavy atom. The SMILES string of the molecule is c1ccc(-c2nc3c(ccc4sc5ccc(N(c6ccccc6)c6cccc7c6sc6ccccc67)cc5c43)s2)cc1. The van der Waals surface area contributed by atoms with E-state index >= 15 is 0 Å². The van der Waals surface area contributed by atoms with E-state index in [4.69, 9.17) is 4.98 Å². The maximum absolute atomic E-state index is 5.20. The summed E-state index contributed by atoms with van der Waals surface area (Å²) in [5.74, 6) is 0. The standard InChI is InChI=1S/C37H22N2S3/c1-3-10-23(11-4-1)37-38-35-33(42-37)21-20-32-34(35)28-22-25(18-19-31(28)40-32)39(24-12-5-2-6-13-24)29-16-9-15-27-26-14-7-8-17-30(26)41-36(27)29/h1-22H. The second-order valence-electron chi connectivity index (χ2n) is 10.4. The van der Waals surface area contributed by atoms with Gasteiger partial charge in [0.25, 0.3) is 0 Å². The molecule has 0 saturated carbocycles. The van der Waals surface area contributed by atoms with E-state index < -0.39 is 0 Å². The van der Waals surface area contributed by atoms with E-state index in [9.17, 15) is 0 Å². The summed E-state index contributed by atoms with van der Waals surface area (Å²) in [5, 5.41) is 6.18. The maximum atomic E-state index is 5.20. The van der Waals surface area contributed by atoms with Crippen molar-refractivity contribution in [3.8, 4) is 10.6 Å². The van der Waals surface area contributed by atoms with Crippen LogP contribution >= 0.6 is 34.0 Å². The van der Waals surface area contributed by atoms with Crippen LogP contribution < -0.4 is 4.90 Å². The van der Waals surface area contributed by atoms with Crippen LogP contribution in [-0.2, 0) is 0 Å². The second-order valence-corrected chi connectivity index (χ2v) is 13.5. The third-order valence-corrected chi connectivity index (χ3v) is 11.3. The molecule has 0 aliphatic rings. The zero-order valence-electron chi connectivity index (χ0n) is 22.3. The minimum Gasteiger partial charge on any atom is -0.309 e. The molecule has 0 saturated heterocycles. The highest BCUT2D eigenvalue weighted by atomic mass is 32.1. The van der Waals surface area contributed by atoms with Crippen LogP contribution in [0.2, 0.25) is 0 Å². The van der Waals surface area contributed by atoms with E-state index in [0.717, 1.165) is 21.9 Å². The molecule has 0 radical (unpaired) electrons. The molecule has 5 heteroatoms. The predicted molar refractivity (Wildman–Crippen MR) is 186 cm³/mol. The van der Waals surface area contributed by atoms with Gasteiger partial charge in [-0.1, -0.05) is 78.9 Å². The van der Waals surface area contributed by atoms with E-state index in [-0.39, 0.29) is 0 Å². The van der Waals surface area contributed by atoms with Gasteiger partial charge < -0.3 is 4.90 Å². The highest BCUT2D eigenvalue weighted by Gasteiger charge is 2.20. The number of thiophene rings is 2. The average molecular weight is 591 g/mol. The first kappa shape index (κ1) is 24.1. The molecule has 2 nitrogen and oxygen atoms in total. The van der Waals surface area contributed by atoms with Gasteiger partial charge in [-0.3, -0.25) is 0 Å². The molecule has 0 N–H and O–H groups in total. The van der Waals surface area contributed by atoms with Gasteiger partial charge in [-0.15, -0.1) is 34.0 Å². The molecule has 0 bridgehead atoms. The molecule has 0 aliphatic carbocycles. The Kier molecular flexibility index (Phi) is 5.45. The zero-order chi connectivity index (χ0) is 27.6. The number of nitrogens with zero attached hydrogens (tertiary/aromatic N) is 2. The Labute approximate surface area is 254 Å². The van der Waals surface area contributed by atoms with Crippen molar-refractivity contribution in [2.45, 2.75) is 0 Å². The minimum atomic E-state index is 1.07. The van der Waals surface area contributed by atoms with E-state index in [1.54, 1.807) is 11.3 Å². The van der Waals surface area contributed by atoms with Gasteiger partial charge in [0.2, 0.25) is 0 Å². The summed E-state index contributed by atoms with van der Waals surface area (Å²) in [4.78, 5) is 7.62. The third-order valence-electron chi connectivity index (χ3n) is 7.89. The van der Waals surface area contributed by atoms with Gasteiger partial charge in [-0.25, -0.2) is 4.98 Å². The van der Waals surface area contributed by atoms with Crippen LogP contribution in [0, 0.1) is 0 Å². The van der Waals surface area contributed by atoms with Crippen molar-refractivity contribution in [2.75, 3.05) is 4.90 Å². The molecule has 3 aromatic heterocycles. The van der Waals surface area contributed by atoms with Crippen molar-refractivity contribution in [3.05, 3.63) is 133 Å². The monoisotopic (exact) mass is 590 g/mol. The fourth-order valence-electron chi connectivity index (χ4n) is 6.00. The number of hydrogen-bond donors (Lipinski definition) is 0. The van der Waals surface area contributed by atoms with Crippen LogP contribution in [0.25, 0.3) is 61.1 Å². The number of rotatable bonds is 4. The van der Waals surface area contributed by atoms with Crippen LogP contribution in [0.3, 0.4) is 0 Å². The zero-order valence-corrected chi connectivity index (χ0v) is 24.8. The maximum Gasteiger partial charge on any atom is 0.124 e. The first-order chi connectivity index (χ1) is 20.8. The Morgan fingerprint density at radius 2 is 1.19 bits per heavy atom. The van der Waals surface area contributed by atoms with Crippen LogP contribution in [0.5, 0.6) is 0 Å². The van der Waals surface area contributed by atoms with Crippen molar-refractivity contribution in [1.82, 2.24) is 4.98 Å². The summed E-state index contributed by atoms with van der Waals surface area (Å²) < 4.78 is 6.39. The Bertz CT molecular complexity index is 2420. The Morgan fingerprint density at radius 1 is 0.476 bits per heavy atom. The number of aromatic nitrogens is 1. The van der Waals surface area contributed by atoms with Crippen molar-refractivity contribution in [1.29, 1.82) is 0 Å². The summed E-state index contributed by atoms with van der Waals surface area (Å²) in [6.45, 7) is 0. The molecule has 0 amide bonds. The Hall–Kier alpha value is -4.55. The lowest BCUT2D eigenvalue weighted by atomic mass is 10.1. The van der Waals surface area contributed by atoms with E-state index in [1.165, 1.54) is 56.3 Å². The lowest BCUT2D eigenvalue weighted by Gasteiger charge is -2.26. The van der Waals surface area contributed by atoms with Gasteiger partial charge in [-0.2, -0.15) is 0 Å². The van der Waals surface area contributed by atoms with Gasteiger partial charge >= 0.3 is 0 Å². The number of fused-ring (bicyclic) bond motifs is 8. The molecular weight excluding hydrogens is 569 g/mol. The highest BCUT2D eigenvalue weighted by molar-refractivity contribution is 7.27. The van der Waals surface area contributed by atoms with Crippen molar-refractivity contribution in [2.24, 2.45) is 0 Å². The molecule has 6 aromatic carbocycles. The quantitative estimate of drug-likeness (QED) is 0.203. The van der Waals surface area contributed by atoms with Gasteiger partial charge in [0.05, 0.1) is 20.6 Å². The normalized spacial score (nSPS) is 11.8. The first-order valence-electron chi connectivity index (χ1n) is 13.9. The summed E-state index contributed by atoms with van der Waals surface area (Å²) in [6.07, 6.45) is 0. The molecule has 0 aliphatic heterocycles. The smallest absolute Gasteiger partial charge is 0.124 e. The molecule has 0 fully saturated rings. The topological polar surface area (TPSA) is 16.1 Å². The summed E-state index contributed by atoms with van der Waals surface area (Å²) in [7, 11) is 0. The second kappa shape index (κ2) is 9.50. The van der Waals surface area contributed by atoms with Gasteiger partial charge in [0, 0.05) is 52.6 Å². The fourth-order valence-corrected chi connectivity index (χ4v) is 9.27. The average Bonchev–Trinajstić information content (AvgIpc) is 3.75. The van der Waals surface area contributed by atoms with E-state index in [0.29, 0.717) is 0 Å². The number of hydrogen-bond acceptors (Lipinski definition) is 5. The number of para-hydroxylation sites is 1. The van der Waals surface area contributed by atoms with Crippen molar-refractivity contribution in [3.63, 3.8) is 0 Å². The van der Waals surface area contributed by atoms with Crippen molar-refractivity contribution >= 4 is 102 Å². The van der Waals surface area contributed by atoms with Gasteiger partial charge in [0.15, 0.2) is 0 Å².